The SMILES string of the molecule is CC1(c2noc(-c3ccc(F)cc3)n2)CCCN(C(=O)Cc2ccsc2)C1. The molecule has 7 heteroatoms. The van der Waals surface area contributed by atoms with Crippen molar-refractivity contribution in [2.24, 2.45) is 0 Å². The van der Waals surface area contributed by atoms with Crippen LogP contribution >= 0.6 is 11.3 Å². The van der Waals surface area contributed by atoms with Gasteiger partial charge in [0.2, 0.25) is 5.91 Å². The lowest BCUT2D eigenvalue weighted by molar-refractivity contribution is -0.132. The second-order valence-electron chi connectivity index (χ2n) is 7.22. The van der Waals surface area contributed by atoms with E-state index in [0.717, 1.165) is 24.9 Å². The number of carbonyl (C=O) groups is 1. The molecule has 1 aliphatic heterocycles. The number of halogens is 1. The summed E-state index contributed by atoms with van der Waals surface area (Å²) < 4.78 is 18.5. The van der Waals surface area contributed by atoms with Gasteiger partial charge in [0.05, 0.1) is 6.42 Å². The molecule has 5 nitrogen and oxygen atoms in total. The van der Waals surface area contributed by atoms with Crippen molar-refractivity contribution in [2.75, 3.05) is 13.1 Å². The molecule has 0 bridgehead atoms. The van der Waals surface area contributed by atoms with Gasteiger partial charge < -0.3 is 9.42 Å². The van der Waals surface area contributed by atoms with E-state index in [-0.39, 0.29) is 17.1 Å². The van der Waals surface area contributed by atoms with Crippen molar-refractivity contribution in [3.05, 3.63) is 58.3 Å². The van der Waals surface area contributed by atoms with Crippen LogP contribution in [0, 0.1) is 5.82 Å². The first kappa shape index (κ1) is 17.9. The highest BCUT2D eigenvalue weighted by Gasteiger charge is 2.38. The van der Waals surface area contributed by atoms with Crippen molar-refractivity contribution in [3.63, 3.8) is 0 Å². The molecule has 0 saturated carbocycles. The monoisotopic (exact) mass is 385 g/mol. The number of thiophene rings is 1. The normalized spacial score (nSPS) is 20.0. The Morgan fingerprint density at radius 3 is 2.89 bits per heavy atom. The quantitative estimate of drug-likeness (QED) is 0.680. The standard InChI is InChI=1S/C20H20FN3O2S/c1-20(19-22-18(26-23-19)15-3-5-16(21)6-4-15)8-2-9-24(13-20)17(25)11-14-7-10-27-12-14/h3-7,10,12H,2,8-9,11,13H2,1H3. The highest BCUT2D eigenvalue weighted by atomic mass is 32.1. The third-order valence-electron chi connectivity index (χ3n) is 5.04. The lowest BCUT2D eigenvalue weighted by Gasteiger charge is -2.38. The summed E-state index contributed by atoms with van der Waals surface area (Å²) in [5.41, 5.74) is 1.38. The van der Waals surface area contributed by atoms with Crippen LogP contribution in [0.3, 0.4) is 0 Å². The molecule has 1 atom stereocenters. The fourth-order valence-electron chi connectivity index (χ4n) is 3.49. The third-order valence-corrected chi connectivity index (χ3v) is 5.77. The smallest absolute Gasteiger partial charge is 0.257 e. The van der Waals surface area contributed by atoms with Crippen LogP contribution in [0.1, 0.15) is 31.2 Å². The van der Waals surface area contributed by atoms with E-state index >= 15 is 0 Å². The summed E-state index contributed by atoms with van der Waals surface area (Å²) >= 11 is 1.60. The van der Waals surface area contributed by atoms with E-state index in [1.54, 1.807) is 23.5 Å². The average Bonchev–Trinajstić information content (AvgIpc) is 3.34. The number of hydrogen-bond acceptors (Lipinski definition) is 5. The second kappa shape index (κ2) is 7.23. The van der Waals surface area contributed by atoms with Gasteiger partial charge >= 0.3 is 0 Å². The Labute approximate surface area is 160 Å². The summed E-state index contributed by atoms with van der Waals surface area (Å²) in [7, 11) is 0. The molecule has 4 rings (SSSR count). The van der Waals surface area contributed by atoms with E-state index in [1.807, 2.05) is 21.7 Å². The van der Waals surface area contributed by atoms with Crippen LogP contribution in [0.25, 0.3) is 11.5 Å². The van der Waals surface area contributed by atoms with Gasteiger partial charge in [0.25, 0.3) is 5.89 Å². The van der Waals surface area contributed by atoms with E-state index in [2.05, 4.69) is 17.1 Å². The van der Waals surface area contributed by atoms with Crippen LogP contribution in [0.2, 0.25) is 0 Å². The molecule has 3 heterocycles. The van der Waals surface area contributed by atoms with Crippen LogP contribution < -0.4 is 0 Å². The first-order valence-corrected chi connectivity index (χ1v) is 9.87. The number of hydrogen-bond donors (Lipinski definition) is 0. The molecular formula is C20H20FN3O2S. The maximum Gasteiger partial charge on any atom is 0.257 e. The molecule has 140 valence electrons. The Hall–Kier alpha value is -2.54. The number of likely N-dealkylation sites (tertiary alicyclic amines) is 1. The molecular weight excluding hydrogens is 365 g/mol. The minimum absolute atomic E-state index is 0.126. The Bertz CT molecular complexity index is 923. The molecule has 0 N–H and O–H groups in total. The molecule has 0 radical (unpaired) electrons. The molecule has 1 amide bonds. The molecule has 0 aliphatic carbocycles. The topological polar surface area (TPSA) is 59.2 Å². The fraction of sp³-hybridized carbons (Fsp3) is 0.350. The number of rotatable bonds is 4. The first-order valence-electron chi connectivity index (χ1n) is 8.92. The van der Waals surface area contributed by atoms with E-state index in [4.69, 9.17) is 4.52 Å². The van der Waals surface area contributed by atoms with Gasteiger partial charge in [0, 0.05) is 24.1 Å². The number of benzene rings is 1. The molecule has 1 saturated heterocycles. The zero-order chi connectivity index (χ0) is 18.9. The van der Waals surface area contributed by atoms with Gasteiger partial charge in [-0.2, -0.15) is 16.3 Å². The lowest BCUT2D eigenvalue weighted by atomic mass is 9.81. The maximum atomic E-state index is 13.1. The zero-order valence-corrected chi connectivity index (χ0v) is 15.8. The Kier molecular flexibility index (Phi) is 4.78. The van der Waals surface area contributed by atoms with Crippen molar-refractivity contribution in [1.82, 2.24) is 15.0 Å². The van der Waals surface area contributed by atoms with Gasteiger partial charge in [0.1, 0.15) is 5.82 Å². The zero-order valence-electron chi connectivity index (χ0n) is 15.0. The van der Waals surface area contributed by atoms with E-state index < -0.39 is 0 Å². The van der Waals surface area contributed by atoms with E-state index in [0.29, 0.717) is 30.2 Å². The molecule has 1 aliphatic rings. The summed E-state index contributed by atoms with van der Waals surface area (Å²) in [5, 5.41) is 8.16. The number of aromatic nitrogens is 2. The summed E-state index contributed by atoms with van der Waals surface area (Å²) in [6.45, 7) is 3.38. The number of amides is 1. The fourth-order valence-corrected chi connectivity index (χ4v) is 4.16. The molecule has 1 fully saturated rings. The summed E-state index contributed by atoms with van der Waals surface area (Å²) in [6.07, 6.45) is 2.20. The van der Waals surface area contributed by atoms with Crippen molar-refractivity contribution >= 4 is 17.2 Å². The van der Waals surface area contributed by atoms with Gasteiger partial charge in [0.15, 0.2) is 5.82 Å². The van der Waals surface area contributed by atoms with Crippen LogP contribution in [0.4, 0.5) is 4.39 Å². The van der Waals surface area contributed by atoms with Crippen LogP contribution in [-0.2, 0) is 16.6 Å². The Balaban J connectivity index is 1.50. The predicted octanol–water partition coefficient (Wildman–Crippen LogP) is 4.06. The van der Waals surface area contributed by atoms with Crippen LogP contribution in [-0.4, -0.2) is 34.0 Å². The highest BCUT2D eigenvalue weighted by Crippen LogP contribution is 2.33. The summed E-state index contributed by atoms with van der Waals surface area (Å²) in [6, 6.07) is 7.96. The largest absolute Gasteiger partial charge is 0.341 e. The minimum atomic E-state index is -0.357. The van der Waals surface area contributed by atoms with E-state index in [1.165, 1.54) is 12.1 Å². The molecule has 1 aromatic carbocycles. The predicted molar refractivity (Wildman–Crippen MR) is 101 cm³/mol. The number of nitrogens with zero attached hydrogens (tertiary/aromatic N) is 3. The van der Waals surface area contributed by atoms with Gasteiger partial charge in [-0.25, -0.2) is 4.39 Å². The van der Waals surface area contributed by atoms with Crippen molar-refractivity contribution in [1.29, 1.82) is 0 Å². The molecule has 1 unspecified atom stereocenters. The lowest BCUT2D eigenvalue weighted by Crippen LogP contribution is -2.48. The van der Waals surface area contributed by atoms with Gasteiger partial charge in [-0.3, -0.25) is 4.79 Å². The Morgan fingerprint density at radius 2 is 2.15 bits per heavy atom. The second-order valence-corrected chi connectivity index (χ2v) is 8.00. The first-order chi connectivity index (χ1) is 13.0. The summed E-state index contributed by atoms with van der Waals surface area (Å²) in [5.74, 6) is 0.780. The summed E-state index contributed by atoms with van der Waals surface area (Å²) in [4.78, 5) is 19.1. The Morgan fingerprint density at radius 1 is 1.33 bits per heavy atom. The van der Waals surface area contributed by atoms with Gasteiger partial charge in [-0.05, 0) is 59.5 Å². The van der Waals surface area contributed by atoms with Crippen molar-refractivity contribution in [3.8, 4) is 11.5 Å². The van der Waals surface area contributed by atoms with Crippen molar-refractivity contribution < 1.29 is 13.7 Å². The average molecular weight is 385 g/mol. The maximum absolute atomic E-state index is 13.1. The van der Waals surface area contributed by atoms with Crippen LogP contribution in [0.15, 0.2) is 45.6 Å². The third kappa shape index (κ3) is 3.78. The number of carbonyl (C=O) groups excluding carboxylic acids is 1. The van der Waals surface area contributed by atoms with Gasteiger partial charge in [-0.15, -0.1) is 0 Å². The molecule has 27 heavy (non-hydrogen) atoms. The molecule has 2 aromatic heterocycles. The van der Waals surface area contributed by atoms with Crippen LogP contribution in [0.5, 0.6) is 0 Å². The van der Waals surface area contributed by atoms with Gasteiger partial charge in [-0.1, -0.05) is 12.1 Å². The number of piperidine rings is 1. The van der Waals surface area contributed by atoms with E-state index in [9.17, 15) is 9.18 Å². The minimum Gasteiger partial charge on any atom is -0.341 e. The highest BCUT2D eigenvalue weighted by molar-refractivity contribution is 7.08. The molecule has 0 spiro atoms. The van der Waals surface area contributed by atoms with Crippen molar-refractivity contribution in [2.45, 2.75) is 31.6 Å². The molecule has 3 aromatic rings.